The van der Waals surface area contributed by atoms with E-state index in [0.717, 1.165) is 45.4 Å². The number of aryl methyl sites for hydroxylation is 1. The lowest BCUT2D eigenvalue weighted by atomic mass is 10.0. The molecule has 30 heavy (non-hydrogen) atoms. The first-order valence-electron chi connectivity index (χ1n) is 9.93. The Kier molecular flexibility index (Phi) is 5.06. The van der Waals surface area contributed by atoms with Gasteiger partial charge < -0.3 is 14.5 Å². The normalized spacial score (nSPS) is 16.2. The van der Waals surface area contributed by atoms with Gasteiger partial charge in [-0.15, -0.1) is 11.3 Å². The molecule has 0 radical (unpaired) electrons. The van der Waals surface area contributed by atoms with Gasteiger partial charge in [0.1, 0.15) is 17.7 Å². The Hall–Kier alpha value is -3.03. The number of amides is 1. The Morgan fingerprint density at radius 3 is 2.83 bits per heavy atom. The van der Waals surface area contributed by atoms with E-state index in [9.17, 15) is 4.79 Å². The highest BCUT2D eigenvalue weighted by Gasteiger charge is 2.20. The van der Waals surface area contributed by atoms with Crippen LogP contribution in [0, 0.1) is 6.92 Å². The highest BCUT2D eigenvalue weighted by molar-refractivity contribution is 7.17. The molecule has 4 aromatic rings. The van der Waals surface area contributed by atoms with Crippen LogP contribution in [-0.2, 0) is 11.2 Å². The molecule has 0 unspecified atom stereocenters. The van der Waals surface area contributed by atoms with Crippen LogP contribution in [0.2, 0.25) is 0 Å². The molecule has 0 spiro atoms. The summed E-state index contributed by atoms with van der Waals surface area (Å²) in [5.41, 5.74) is 5.43. The summed E-state index contributed by atoms with van der Waals surface area (Å²) in [5.74, 6) is 0.512. The van der Waals surface area contributed by atoms with Gasteiger partial charge in [-0.3, -0.25) is 4.79 Å². The predicted molar refractivity (Wildman–Crippen MR) is 116 cm³/mol. The number of carbonyl (C=O) groups is 1. The quantitative estimate of drug-likeness (QED) is 0.520. The van der Waals surface area contributed by atoms with Crippen LogP contribution in [0.1, 0.15) is 33.9 Å². The third-order valence-electron chi connectivity index (χ3n) is 5.25. The zero-order valence-corrected chi connectivity index (χ0v) is 17.4. The average molecular weight is 420 g/mol. The Morgan fingerprint density at radius 2 is 2.10 bits per heavy atom. The van der Waals surface area contributed by atoms with E-state index in [2.05, 4.69) is 27.4 Å². The summed E-state index contributed by atoms with van der Waals surface area (Å²) >= 11 is 1.65. The molecule has 0 aliphatic carbocycles. The van der Waals surface area contributed by atoms with E-state index in [0.29, 0.717) is 24.8 Å². The molecule has 3 aromatic heterocycles. The van der Waals surface area contributed by atoms with E-state index in [1.165, 1.54) is 0 Å². The number of oxazole rings is 1. The molecule has 152 valence electrons. The Balaban J connectivity index is 1.40. The number of nitrogens with zero attached hydrogens (tertiary/aromatic N) is 2. The molecular weight excluding hydrogens is 398 g/mol. The average Bonchev–Trinajstić information content (AvgIpc) is 3.50. The van der Waals surface area contributed by atoms with Gasteiger partial charge in [0.15, 0.2) is 5.89 Å². The molecule has 7 heteroatoms. The number of hydrogen-bond donors (Lipinski definition) is 1. The smallest absolute Gasteiger partial charge is 0.270 e. The first-order valence-corrected chi connectivity index (χ1v) is 10.8. The number of nitrogens with one attached hydrogen (secondary N) is 1. The molecule has 5 rings (SSSR count). The van der Waals surface area contributed by atoms with Gasteiger partial charge in [0.2, 0.25) is 0 Å². The number of hydrogen-bond acceptors (Lipinski definition) is 6. The fraction of sp³-hybridized carbons (Fsp3) is 0.261. The number of pyridine rings is 1. The van der Waals surface area contributed by atoms with Gasteiger partial charge in [-0.05, 0) is 41.5 Å². The second kappa shape index (κ2) is 8.01. The lowest BCUT2D eigenvalue weighted by Crippen LogP contribution is -2.35. The number of rotatable bonds is 5. The van der Waals surface area contributed by atoms with Crippen molar-refractivity contribution in [3.05, 3.63) is 70.8 Å². The zero-order valence-electron chi connectivity index (χ0n) is 16.6. The van der Waals surface area contributed by atoms with Crippen LogP contribution in [0.15, 0.2) is 52.5 Å². The zero-order chi connectivity index (χ0) is 20.5. The molecule has 0 bridgehead atoms. The summed E-state index contributed by atoms with van der Waals surface area (Å²) in [6.07, 6.45) is 3.24. The number of aromatic nitrogens is 2. The van der Waals surface area contributed by atoms with Crippen molar-refractivity contribution in [1.82, 2.24) is 15.3 Å². The van der Waals surface area contributed by atoms with Crippen LogP contribution in [-0.4, -0.2) is 35.1 Å². The van der Waals surface area contributed by atoms with Crippen LogP contribution in [0.4, 0.5) is 0 Å². The van der Waals surface area contributed by atoms with Crippen LogP contribution in [0.25, 0.3) is 21.5 Å². The highest BCUT2D eigenvalue weighted by atomic mass is 32.1. The molecule has 1 fully saturated rings. The summed E-state index contributed by atoms with van der Waals surface area (Å²) in [4.78, 5) is 21.7. The summed E-state index contributed by atoms with van der Waals surface area (Å²) in [6, 6.07) is 12.2. The minimum Gasteiger partial charge on any atom is -0.449 e. The van der Waals surface area contributed by atoms with Gasteiger partial charge in [0.25, 0.3) is 5.91 Å². The molecular formula is C23H21N3O3S. The monoisotopic (exact) mass is 419 g/mol. The summed E-state index contributed by atoms with van der Waals surface area (Å²) in [5, 5.41) is 5.05. The van der Waals surface area contributed by atoms with Gasteiger partial charge in [-0.1, -0.05) is 24.3 Å². The van der Waals surface area contributed by atoms with Crippen molar-refractivity contribution in [3.63, 3.8) is 0 Å². The fourth-order valence-electron chi connectivity index (χ4n) is 3.69. The summed E-state index contributed by atoms with van der Waals surface area (Å²) < 4.78 is 11.8. The second-order valence-electron chi connectivity index (χ2n) is 7.46. The Labute approximate surface area is 177 Å². The third-order valence-corrected chi connectivity index (χ3v) is 6.23. The topological polar surface area (TPSA) is 77.2 Å². The Bertz CT molecular complexity index is 1190. The Morgan fingerprint density at radius 1 is 1.23 bits per heavy atom. The molecule has 6 nitrogen and oxygen atoms in total. The minimum absolute atomic E-state index is 0.0635. The highest BCUT2D eigenvalue weighted by Crippen LogP contribution is 2.27. The minimum atomic E-state index is -0.142. The number of carbonyl (C=O) groups excluding carboxylic acids is 1. The molecule has 1 saturated heterocycles. The molecule has 1 aromatic carbocycles. The molecule has 1 aliphatic heterocycles. The van der Waals surface area contributed by atoms with Crippen LogP contribution < -0.4 is 5.32 Å². The lowest BCUT2D eigenvalue weighted by Gasteiger charge is -2.12. The van der Waals surface area contributed by atoms with E-state index >= 15 is 0 Å². The van der Waals surface area contributed by atoms with Crippen molar-refractivity contribution < 1.29 is 13.9 Å². The maximum absolute atomic E-state index is 12.7. The fourth-order valence-corrected chi connectivity index (χ4v) is 4.54. The first kappa shape index (κ1) is 19.0. The van der Waals surface area contributed by atoms with E-state index in [4.69, 9.17) is 9.15 Å². The number of benzene rings is 1. The van der Waals surface area contributed by atoms with E-state index in [1.54, 1.807) is 17.6 Å². The maximum atomic E-state index is 12.7. The molecule has 1 aliphatic rings. The molecule has 1 atom stereocenters. The van der Waals surface area contributed by atoms with Crippen molar-refractivity contribution in [3.8, 4) is 11.3 Å². The van der Waals surface area contributed by atoms with Gasteiger partial charge in [-0.25, -0.2) is 9.97 Å². The standard InChI is InChI=1S/C23H21N3O3S/c1-14-24-21(13-29-14)16-4-2-15(3-5-16)10-17-11-20(26-19-7-9-30-22(17)19)23(27)25-18-6-8-28-12-18/h2-5,7,9,11,13,18H,6,8,10,12H2,1H3,(H,25,27)/t18-/m0/s1. The van der Waals surface area contributed by atoms with Crippen LogP contribution in [0.5, 0.6) is 0 Å². The number of thiophene rings is 1. The lowest BCUT2D eigenvalue weighted by molar-refractivity contribution is 0.0925. The van der Waals surface area contributed by atoms with Crippen LogP contribution in [0.3, 0.4) is 0 Å². The molecule has 4 heterocycles. The summed E-state index contributed by atoms with van der Waals surface area (Å²) in [6.45, 7) is 3.09. The number of fused-ring (bicyclic) bond motifs is 1. The van der Waals surface area contributed by atoms with Crippen molar-refractivity contribution >= 4 is 27.5 Å². The maximum Gasteiger partial charge on any atom is 0.270 e. The number of ether oxygens (including phenoxy) is 1. The van der Waals surface area contributed by atoms with Crippen molar-refractivity contribution in [1.29, 1.82) is 0 Å². The molecule has 0 saturated carbocycles. The van der Waals surface area contributed by atoms with Crippen molar-refractivity contribution in [2.75, 3.05) is 13.2 Å². The largest absolute Gasteiger partial charge is 0.449 e. The summed E-state index contributed by atoms with van der Waals surface area (Å²) in [7, 11) is 0. The predicted octanol–water partition coefficient (Wildman–Crippen LogP) is 4.37. The van der Waals surface area contributed by atoms with Crippen molar-refractivity contribution in [2.45, 2.75) is 25.8 Å². The molecule has 1 amide bonds. The van der Waals surface area contributed by atoms with E-state index in [1.807, 2.05) is 36.6 Å². The third kappa shape index (κ3) is 3.86. The van der Waals surface area contributed by atoms with Crippen molar-refractivity contribution in [2.24, 2.45) is 0 Å². The van der Waals surface area contributed by atoms with Gasteiger partial charge in [0.05, 0.1) is 22.9 Å². The molecule has 1 N–H and O–H groups in total. The first-order chi connectivity index (χ1) is 14.7. The second-order valence-corrected chi connectivity index (χ2v) is 8.38. The SMILES string of the molecule is Cc1nc(-c2ccc(Cc3cc(C(=O)N[C@H]4CCOC4)nc4ccsc34)cc2)co1. The van der Waals surface area contributed by atoms with Gasteiger partial charge in [0, 0.05) is 19.1 Å². The van der Waals surface area contributed by atoms with E-state index < -0.39 is 0 Å². The van der Waals surface area contributed by atoms with Gasteiger partial charge in [-0.2, -0.15) is 0 Å². The van der Waals surface area contributed by atoms with E-state index in [-0.39, 0.29) is 11.9 Å². The van der Waals surface area contributed by atoms with Gasteiger partial charge >= 0.3 is 0 Å². The van der Waals surface area contributed by atoms with Crippen LogP contribution >= 0.6 is 11.3 Å².